The molecule has 0 fully saturated rings. The number of Topliss-reactive ketones (excluding diaryl/α,β-unsaturated/α-hetero) is 1. The molecule has 0 atom stereocenters. The van der Waals surface area contributed by atoms with Crippen molar-refractivity contribution in [3.05, 3.63) is 35.4 Å². The van der Waals surface area contributed by atoms with Gasteiger partial charge in [0.1, 0.15) is 7.11 Å². The number of rotatable bonds is 3. The Bertz CT molecular complexity index is 595. The zero-order chi connectivity index (χ0) is 16.0. The number of hydrogen-bond donors (Lipinski definition) is 0. The Balaban J connectivity index is 3.21. The molecule has 21 heavy (non-hydrogen) atoms. The molecule has 1 amide bonds. The van der Waals surface area contributed by atoms with Gasteiger partial charge in [-0.3, -0.25) is 14.5 Å². The lowest BCUT2D eigenvalue weighted by Crippen LogP contribution is -2.39. The van der Waals surface area contributed by atoms with Crippen molar-refractivity contribution in [2.45, 2.75) is 6.92 Å². The van der Waals surface area contributed by atoms with Crippen LogP contribution in [0.2, 0.25) is 0 Å². The highest BCUT2D eigenvalue weighted by Crippen LogP contribution is 2.12. The van der Waals surface area contributed by atoms with E-state index in [4.69, 9.17) is 0 Å². The molecule has 0 saturated heterocycles. The summed E-state index contributed by atoms with van der Waals surface area (Å²) in [5.74, 6) is -1.96. The zero-order valence-electron chi connectivity index (χ0n) is 12.2. The predicted molar refractivity (Wildman–Crippen MR) is 75.0 cm³/mol. The van der Waals surface area contributed by atoms with Crippen LogP contribution in [0.4, 0.5) is 0 Å². The predicted octanol–water partition coefficient (Wildman–Crippen LogP) is 1.09. The molecule has 0 aliphatic carbocycles. The molecule has 1 rings (SSSR count). The Morgan fingerprint density at radius 1 is 1.10 bits per heavy atom. The summed E-state index contributed by atoms with van der Waals surface area (Å²) in [6.07, 6.45) is 0. The van der Waals surface area contributed by atoms with E-state index in [1.54, 1.807) is 12.1 Å². The number of oxime groups is 1. The van der Waals surface area contributed by atoms with E-state index in [1.165, 1.54) is 33.2 Å². The first-order valence-corrected chi connectivity index (χ1v) is 6.01. The third kappa shape index (κ3) is 3.65. The minimum absolute atomic E-state index is 0.167. The van der Waals surface area contributed by atoms with Crippen molar-refractivity contribution in [3.8, 4) is 0 Å². The first kappa shape index (κ1) is 16.4. The summed E-state index contributed by atoms with van der Waals surface area (Å²) in [4.78, 5) is 41.1. The normalized spacial score (nSPS) is 10.8. The molecule has 112 valence electrons. The Morgan fingerprint density at radius 3 is 2.14 bits per heavy atom. The van der Waals surface area contributed by atoms with Crippen molar-refractivity contribution in [2.24, 2.45) is 5.16 Å². The van der Waals surface area contributed by atoms with Crippen molar-refractivity contribution >= 4 is 23.5 Å². The van der Waals surface area contributed by atoms with Crippen LogP contribution in [-0.4, -0.2) is 49.7 Å². The number of carbonyl (C=O) groups excluding carboxylic acids is 3. The van der Waals surface area contributed by atoms with E-state index in [2.05, 4.69) is 14.7 Å². The van der Waals surface area contributed by atoms with Gasteiger partial charge in [-0.05, 0) is 13.0 Å². The van der Waals surface area contributed by atoms with Crippen LogP contribution < -0.4 is 0 Å². The summed E-state index contributed by atoms with van der Waals surface area (Å²) in [5, 5.41) is 3.48. The van der Waals surface area contributed by atoms with Gasteiger partial charge in [0.25, 0.3) is 11.7 Å². The highest BCUT2D eigenvalue weighted by molar-refractivity contribution is 6.38. The summed E-state index contributed by atoms with van der Waals surface area (Å²) >= 11 is 0. The number of ether oxygens (including phenoxy) is 1. The van der Waals surface area contributed by atoms with Gasteiger partial charge in [-0.15, -0.1) is 0 Å². The summed E-state index contributed by atoms with van der Waals surface area (Å²) in [7, 11) is 3.74. The van der Waals surface area contributed by atoms with E-state index in [9.17, 15) is 14.4 Å². The van der Waals surface area contributed by atoms with Crippen LogP contribution >= 0.6 is 0 Å². The van der Waals surface area contributed by atoms with Crippen molar-refractivity contribution in [2.75, 3.05) is 21.3 Å². The van der Waals surface area contributed by atoms with E-state index in [1.807, 2.05) is 0 Å². The van der Waals surface area contributed by atoms with Gasteiger partial charge in [-0.25, -0.2) is 4.79 Å². The molecule has 0 saturated carbocycles. The topological polar surface area (TPSA) is 85.3 Å². The van der Waals surface area contributed by atoms with E-state index in [0.717, 1.165) is 12.0 Å². The fourth-order valence-corrected chi connectivity index (χ4v) is 1.67. The van der Waals surface area contributed by atoms with Crippen molar-refractivity contribution in [1.82, 2.24) is 4.90 Å². The van der Waals surface area contributed by atoms with Crippen molar-refractivity contribution < 1.29 is 24.0 Å². The summed E-state index contributed by atoms with van der Waals surface area (Å²) in [6.45, 7) is 1.36. The van der Waals surface area contributed by atoms with Gasteiger partial charge in [-0.1, -0.05) is 23.4 Å². The molecule has 0 heterocycles. The lowest BCUT2D eigenvalue weighted by atomic mass is 10.0. The Morgan fingerprint density at radius 2 is 1.67 bits per heavy atom. The number of likely N-dealkylation sites (N-methyl/N-ethyl adjacent to an activating group) is 1. The van der Waals surface area contributed by atoms with Gasteiger partial charge < -0.3 is 9.57 Å². The molecule has 0 aromatic heterocycles. The highest BCUT2D eigenvalue weighted by atomic mass is 16.6. The molecule has 7 nitrogen and oxygen atoms in total. The van der Waals surface area contributed by atoms with E-state index in [0.29, 0.717) is 0 Å². The molecule has 7 heteroatoms. The SMILES string of the molecule is CON=C(C(=O)OC)N(C)C(=O)c1ccccc1C(C)=O. The number of nitrogens with zero attached hydrogens (tertiary/aromatic N) is 2. The van der Waals surface area contributed by atoms with Crippen LogP contribution in [0.3, 0.4) is 0 Å². The van der Waals surface area contributed by atoms with Gasteiger partial charge in [-0.2, -0.15) is 0 Å². The molecule has 0 unspecified atom stereocenters. The number of amidine groups is 1. The maximum atomic E-state index is 12.4. The van der Waals surface area contributed by atoms with E-state index in [-0.39, 0.29) is 22.7 Å². The molecular weight excluding hydrogens is 276 g/mol. The smallest absolute Gasteiger partial charge is 0.377 e. The van der Waals surface area contributed by atoms with Crippen LogP contribution in [0.25, 0.3) is 0 Å². The molecule has 0 aliphatic rings. The average Bonchev–Trinajstić information content (AvgIpc) is 2.50. The number of esters is 1. The molecule has 1 aromatic carbocycles. The van der Waals surface area contributed by atoms with Gasteiger partial charge in [0.2, 0.25) is 0 Å². The Labute approximate surface area is 122 Å². The van der Waals surface area contributed by atoms with Crippen LogP contribution in [0.15, 0.2) is 29.4 Å². The molecule has 0 radical (unpaired) electrons. The van der Waals surface area contributed by atoms with Gasteiger partial charge >= 0.3 is 5.97 Å². The fourth-order valence-electron chi connectivity index (χ4n) is 1.67. The van der Waals surface area contributed by atoms with Gasteiger partial charge in [0, 0.05) is 12.6 Å². The third-order valence-electron chi connectivity index (χ3n) is 2.70. The number of carbonyl (C=O) groups is 3. The average molecular weight is 292 g/mol. The maximum absolute atomic E-state index is 12.4. The van der Waals surface area contributed by atoms with Crippen LogP contribution in [-0.2, 0) is 14.4 Å². The zero-order valence-corrected chi connectivity index (χ0v) is 12.2. The first-order chi connectivity index (χ1) is 9.93. The van der Waals surface area contributed by atoms with Gasteiger partial charge in [0.05, 0.1) is 12.7 Å². The quantitative estimate of drug-likeness (QED) is 0.274. The van der Waals surface area contributed by atoms with Crippen LogP contribution in [0.1, 0.15) is 27.6 Å². The lowest BCUT2D eigenvalue weighted by Gasteiger charge is -2.18. The minimum atomic E-state index is -0.826. The monoisotopic (exact) mass is 292 g/mol. The molecule has 0 aliphatic heterocycles. The second-order valence-corrected chi connectivity index (χ2v) is 4.05. The second-order valence-electron chi connectivity index (χ2n) is 4.05. The van der Waals surface area contributed by atoms with Gasteiger partial charge in [0.15, 0.2) is 5.78 Å². The fraction of sp³-hybridized carbons (Fsp3) is 0.286. The number of benzene rings is 1. The summed E-state index contributed by atoms with van der Waals surface area (Å²) in [5.41, 5.74) is 0.427. The molecular formula is C14H16N2O5. The number of hydrogen-bond acceptors (Lipinski definition) is 6. The summed E-state index contributed by atoms with van der Waals surface area (Å²) < 4.78 is 4.54. The number of amides is 1. The Kier molecular flexibility index (Phi) is 5.59. The molecule has 0 spiro atoms. The van der Waals surface area contributed by atoms with E-state index < -0.39 is 11.9 Å². The van der Waals surface area contributed by atoms with Crippen LogP contribution in [0.5, 0.6) is 0 Å². The minimum Gasteiger partial charge on any atom is -0.463 e. The Hall–Kier alpha value is -2.70. The van der Waals surface area contributed by atoms with Crippen molar-refractivity contribution in [3.63, 3.8) is 0 Å². The summed E-state index contributed by atoms with van der Waals surface area (Å²) in [6, 6.07) is 6.31. The van der Waals surface area contributed by atoms with Crippen LogP contribution in [0, 0.1) is 0 Å². The molecule has 1 aromatic rings. The largest absolute Gasteiger partial charge is 0.463 e. The number of ketones is 1. The van der Waals surface area contributed by atoms with Crippen molar-refractivity contribution in [1.29, 1.82) is 0 Å². The molecule has 0 bridgehead atoms. The molecule has 0 N–H and O–H groups in total. The second kappa shape index (κ2) is 7.18. The first-order valence-electron chi connectivity index (χ1n) is 6.01. The van der Waals surface area contributed by atoms with E-state index >= 15 is 0 Å². The maximum Gasteiger partial charge on any atom is 0.377 e. The standard InChI is InChI=1S/C14H16N2O5/c1-9(17)10-7-5-6-8-11(10)13(18)16(2)12(15-21-4)14(19)20-3/h5-8H,1-4H3. The highest BCUT2D eigenvalue weighted by Gasteiger charge is 2.26. The third-order valence-corrected chi connectivity index (χ3v) is 2.70. The number of methoxy groups -OCH3 is 1. The lowest BCUT2D eigenvalue weighted by molar-refractivity contribution is -0.133.